The average Bonchev–Trinajstić information content (AvgIpc) is 3.38. The molecule has 1 N–H and O–H groups in total. The number of carbonyl (C=O) groups excluding carboxylic acids is 1. The summed E-state index contributed by atoms with van der Waals surface area (Å²) in [5.74, 6) is -0.191. The number of rotatable bonds is 8. The second-order valence-corrected chi connectivity index (χ2v) is 11.1. The van der Waals surface area contributed by atoms with Crippen LogP contribution in [0.15, 0.2) is 70.0 Å². The molecule has 11 heteroatoms. The lowest BCUT2D eigenvalue weighted by molar-refractivity contribution is -0.113. The van der Waals surface area contributed by atoms with Crippen LogP contribution in [0, 0.1) is 13.8 Å². The summed E-state index contributed by atoms with van der Waals surface area (Å²) in [6, 6.07) is 16.0. The van der Waals surface area contributed by atoms with Crippen LogP contribution in [0.25, 0.3) is 5.69 Å². The Bertz CT molecular complexity index is 1360. The molecule has 0 bridgehead atoms. The number of benzene rings is 2. The van der Waals surface area contributed by atoms with E-state index < -0.39 is 9.84 Å². The molecule has 0 spiro atoms. The number of aryl methyl sites for hydroxylation is 2. The first-order valence-electron chi connectivity index (χ1n) is 9.96. The van der Waals surface area contributed by atoms with Crippen molar-refractivity contribution in [2.45, 2.75) is 29.7 Å². The lowest BCUT2D eigenvalue weighted by Crippen LogP contribution is -2.15. The molecule has 8 nitrogen and oxygen atoms in total. The van der Waals surface area contributed by atoms with Crippen molar-refractivity contribution >= 4 is 44.0 Å². The van der Waals surface area contributed by atoms with Crippen molar-refractivity contribution < 1.29 is 13.2 Å². The predicted molar refractivity (Wildman–Crippen MR) is 130 cm³/mol. The van der Waals surface area contributed by atoms with Crippen LogP contribution >= 0.6 is 23.1 Å². The maximum Gasteiger partial charge on any atom is 0.236 e. The number of nitrogens with zero attached hydrogens (tertiary/aromatic N) is 4. The van der Waals surface area contributed by atoms with Gasteiger partial charge < -0.3 is 5.32 Å². The number of anilines is 1. The summed E-state index contributed by atoms with van der Waals surface area (Å²) in [6.07, 6.45) is 0. The van der Waals surface area contributed by atoms with E-state index in [1.165, 1.54) is 23.1 Å². The molecule has 4 aromatic rings. The number of carbonyl (C=O) groups is 1. The van der Waals surface area contributed by atoms with Gasteiger partial charge in [-0.05, 0) is 38.1 Å². The molecule has 2 aromatic carbocycles. The van der Waals surface area contributed by atoms with Gasteiger partial charge in [-0.2, -0.15) is 0 Å². The number of amides is 1. The topological polar surface area (TPSA) is 107 Å². The molecule has 0 aliphatic heterocycles. The van der Waals surface area contributed by atoms with E-state index in [0.717, 1.165) is 16.9 Å². The average molecular weight is 500 g/mol. The third kappa shape index (κ3) is 5.67. The van der Waals surface area contributed by atoms with E-state index in [-0.39, 0.29) is 28.1 Å². The monoisotopic (exact) mass is 499 g/mol. The van der Waals surface area contributed by atoms with Crippen LogP contribution in [-0.2, 0) is 20.4 Å². The maximum absolute atomic E-state index is 13.0. The lowest BCUT2D eigenvalue weighted by Gasteiger charge is -2.11. The molecule has 0 unspecified atom stereocenters. The van der Waals surface area contributed by atoms with Gasteiger partial charge in [0.25, 0.3) is 0 Å². The zero-order valence-electron chi connectivity index (χ0n) is 17.9. The fraction of sp³-hybridized carbons (Fsp3) is 0.182. The molecule has 0 saturated heterocycles. The van der Waals surface area contributed by atoms with Gasteiger partial charge >= 0.3 is 0 Å². The van der Waals surface area contributed by atoms with Crippen LogP contribution in [0.5, 0.6) is 0 Å². The third-order valence-electron chi connectivity index (χ3n) is 4.61. The molecular weight excluding hydrogens is 478 g/mol. The summed E-state index contributed by atoms with van der Waals surface area (Å²) in [4.78, 5) is 16.8. The Labute approximate surface area is 200 Å². The third-order valence-corrected chi connectivity index (χ3v) is 8.04. The van der Waals surface area contributed by atoms with Crippen molar-refractivity contribution in [3.63, 3.8) is 0 Å². The van der Waals surface area contributed by atoms with Crippen LogP contribution in [0.3, 0.4) is 0 Å². The Kier molecular flexibility index (Phi) is 6.91. The van der Waals surface area contributed by atoms with E-state index >= 15 is 0 Å². The fourth-order valence-electron chi connectivity index (χ4n) is 3.02. The van der Waals surface area contributed by atoms with Crippen LogP contribution < -0.4 is 5.32 Å². The molecule has 0 fully saturated rings. The van der Waals surface area contributed by atoms with Crippen molar-refractivity contribution in [1.82, 2.24) is 19.7 Å². The molecule has 33 heavy (non-hydrogen) atoms. The molecule has 1 amide bonds. The highest BCUT2D eigenvalue weighted by atomic mass is 32.2. The van der Waals surface area contributed by atoms with Crippen molar-refractivity contribution in [1.29, 1.82) is 0 Å². The first-order chi connectivity index (χ1) is 15.8. The van der Waals surface area contributed by atoms with E-state index in [0.29, 0.717) is 10.3 Å². The molecule has 0 saturated carbocycles. The van der Waals surface area contributed by atoms with Crippen molar-refractivity contribution in [2.75, 3.05) is 11.1 Å². The van der Waals surface area contributed by atoms with Gasteiger partial charge in [-0.15, -0.1) is 21.5 Å². The van der Waals surface area contributed by atoms with Crippen molar-refractivity contribution in [3.05, 3.63) is 77.1 Å². The van der Waals surface area contributed by atoms with E-state index in [2.05, 4.69) is 20.5 Å². The minimum absolute atomic E-state index is 0.0777. The van der Waals surface area contributed by atoms with Crippen LogP contribution in [-0.4, -0.2) is 39.8 Å². The molecule has 0 aliphatic rings. The Morgan fingerprint density at radius 1 is 1.06 bits per heavy atom. The van der Waals surface area contributed by atoms with Gasteiger partial charge in [0.05, 0.1) is 16.3 Å². The van der Waals surface area contributed by atoms with E-state index in [9.17, 15) is 13.2 Å². The number of nitrogens with one attached hydrogen (secondary N) is 1. The molecule has 0 aliphatic carbocycles. The summed E-state index contributed by atoms with van der Waals surface area (Å²) in [7, 11) is -3.64. The van der Waals surface area contributed by atoms with Gasteiger partial charge in [0, 0.05) is 11.1 Å². The molecule has 0 radical (unpaired) electrons. The van der Waals surface area contributed by atoms with Crippen molar-refractivity contribution in [3.8, 4) is 5.69 Å². The quantitative estimate of drug-likeness (QED) is 0.365. The number of para-hydroxylation sites is 1. The summed E-state index contributed by atoms with van der Waals surface area (Å²) >= 11 is 2.54. The van der Waals surface area contributed by atoms with Gasteiger partial charge in [-0.25, -0.2) is 13.4 Å². The smallest absolute Gasteiger partial charge is 0.236 e. The number of thioether (sulfide) groups is 1. The minimum Gasteiger partial charge on any atom is -0.301 e. The largest absolute Gasteiger partial charge is 0.301 e. The summed E-state index contributed by atoms with van der Waals surface area (Å²) in [5.41, 5.74) is 2.53. The van der Waals surface area contributed by atoms with Gasteiger partial charge in [-0.3, -0.25) is 9.36 Å². The minimum atomic E-state index is -3.64. The van der Waals surface area contributed by atoms with Crippen LogP contribution in [0.1, 0.15) is 17.1 Å². The van der Waals surface area contributed by atoms with Gasteiger partial charge in [-0.1, -0.05) is 47.7 Å². The predicted octanol–water partition coefficient (Wildman–Crippen LogP) is 4.05. The Balaban J connectivity index is 1.58. The van der Waals surface area contributed by atoms with Crippen molar-refractivity contribution in [2.24, 2.45) is 0 Å². The Morgan fingerprint density at radius 3 is 2.45 bits per heavy atom. The molecule has 4 rings (SSSR count). The number of thiazole rings is 1. The molecule has 170 valence electrons. The number of hydrogen-bond donors (Lipinski definition) is 1. The molecule has 2 aromatic heterocycles. The summed E-state index contributed by atoms with van der Waals surface area (Å²) < 4.78 is 27.7. The van der Waals surface area contributed by atoms with Crippen LogP contribution in [0.2, 0.25) is 0 Å². The normalized spacial score (nSPS) is 11.5. The van der Waals surface area contributed by atoms with Gasteiger partial charge in [0.15, 0.2) is 25.9 Å². The number of hydrogen-bond acceptors (Lipinski definition) is 8. The lowest BCUT2D eigenvalue weighted by atomic mass is 10.2. The Morgan fingerprint density at radius 2 is 1.79 bits per heavy atom. The molecular formula is C22H21N5O3S3. The zero-order valence-corrected chi connectivity index (χ0v) is 20.4. The SMILES string of the molecule is Cc1ccc(S(=O)(=O)Cc2nnc(SCC(=O)Nc3nc(C)cs3)n2-c2ccccc2)cc1. The fourth-order valence-corrected chi connectivity index (χ4v) is 5.74. The highest BCUT2D eigenvalue weighted by Crippen LogP contribution is 2.25. The first-order valence-corrected chi connectivity index (χ1v) is 13.5. The second kappa shape index (κ2) is 9.86. The molecule has 2 heterocycles. The number of aromatic nitrogens is 4. The summed E-state index contributed by atoms with van der Waals surface area (Å²) in [6.45, 7) is 3.76. The van der Waals surface area contributed by atoms with E-state index in [1.807, 2.05) is 49.6 Å². The zero-order chi connectivity index (χ0) is 23.4. The standard InChI is InChI=1S/C22H21N5O3S3/c1-15-8-10-18(11-9-15)33(29,30)14-19-25-26-22(27(19)17-6-4-3-5-7-17)32-13-20(28)24-21-23-16(2)12-31-21/h3-12H,13-14H2,1-2H3,(H,23,24,28). The highest BCUT2D eigenvalue weighted by Gasteiger charge is 2.23. The van der Waals surface area contributed by atoms with E-state index in [1.54, 1.807) is 28.8 Å². The maximum atomic E-state index is 13.0. The number of sulfone groups is 1. The van der Waals surface area contributed by atoms with Gasteiger partial charge in [0.1, 0.15) is 5.75 Å². The van der Waals surface area contributed by atoms with Crippen LogP contribution in [0.4, 0.5) is 5.13 Å². The Hall–Kier alpha value is -3.02. The van der Waals surface area contributed by atoms with Gasteiger partial charge in [0.2, 0.25) is 5.91 Å². The molecule has 0 atom stereocenters. The first kappa shape index (κ1) is 23.1. The highest BCUT2D eigenvalue weighted by molar-refractivity contribution is 7.99. The second-order valence-electron chi connectivity index (χ2n) is 7.27. The van der Waals surface area contributed by atoms with E-state index in [4.69, 9.17) is 0 Å². The summed E-state index contributed by atoms with van der Waals surface area (Å²) in [5, 5.41) is 13.9.